The van der Waals surface area contributed by atoms with Gasteiger partial charge < -0.3 is 19.5 Å². The van der Waals surface area contributed by atoms with E-state index in [9.17, 15) is 4.79 Å². The molecule has 5 nitrogen and oxygen atoms in total. The van der Waals surface area contributed by atoms with Crippen LogP contribution in [0, 0.1) is 0 Å². The molecule has 0 saturated carbocycles. The monoisotopic (exact) mass is 329 g/mol. The van der Waals surface area contributed by atoms with Gasteiger partial charge >= 0.3 is 0 Å². The summed E-state index contributed by atoms with van der Waals surface area (Å²) in [4.78, 5) is 12.5. The molecule has 0 aliphatic rings. The smallest absolute Gasteiger partial charge is 0.265 e. The number of para-hydroxylation sites is 2. The number of amides is 1. The fraction of sp³-hybridized carbons (Fsp3) is 0.316. The lowest BCUT2D eigenvalue weighted by molar-refractivity contribution is -0.122. The predicted molar refractivity (Wildman–Crippen MR) is 93.9 cm³/mol. The standard InChI is InChI=1S/C19H23NO4/c1-4-17(24-15-12-10-14(22-3)11-13-15)19(21)20-16-8-6-7-9-18(16)23-5-2/h6-13,17H,4-5H2,1-3H3,(H,20,21). The van der Waals surface area contributed by atoms with Gasteiger partial charge in [-0.25, -0.2) is 0 Å². The summed E-state index contributed by atoms with van der Waals surface area (Å²) in [5.74, 6) is 1.80. The molecule has 0 aliphatic heterocycles. The minimum absolute atomic E-state index is 0.208. The van der Waals surface area contributed by atoms with Gasteiger partial charge in [-0.1, -0.05) is 19.1 Å². The first-order valence-corrected chi connectivity index (χ1v) is 8.01. The molecule has 0 bridgehead atoms. The van der Waals surface area contributed by atoms with Crippen molar-refractivity contribution in [3.05, 3.63) is 48.5 Å². The molecule has 5 heteroatoms. The summed E-state index contributed by atoms with van der Waals surface area (Å²) >= 11 is 0. The van der Waals surface area contributed by atoms with Crippen LogP contribution in [0.1, 0.15) is 20.3 Å². The number of benzene rings is 2. The molecule has 0 fully saturated rings. The molecule has 0 spiro atoms. The molecule has 1 atom stereocenters. The van der Waals surface area contributed by atoms with Gasteiger partial charge in [0.1, 0.15) is 17.2 Å². The quantitative estimate of drug-likeness (QED) is 0.798. The number of anilines is 1. The lowest BCUT2D eigenvalue weighted by Gasteiger charge is -2.18. The van der Waals surface area contributed by atoms with E-state index in [1.54, 1.807) is 31.4 Å². The van der Waals surface area contributed by atoms with Crippen molar-refractivity contribution in [3.63, 3.8) is 0 Å². The number of ether oxygens (including phenoxy) is 3. The van der Waals surface area contributed by atoms with E-state index in [-0.39, 0.29) is 5.91 Å². The maximum absolute atomic E-state index is 12.5. The van der Waals surface area contributed by atoms with E-state index in [2.05, 4.69) is 5.32 Å². The van der Waals surface area contributed by atoms with Crippen molar-refractivity contribution < 1.29 is 19.0 Å². The highest BCUT2D eigenvalue weighted by molar-refractivity contribution is 5.95. The van der Waals surface area contributed by atoms with E-state index in [1.165, 1.54) is 0 Å². The minimum Gasteiger partial charge on any atom is -0.497 e. The molecule has 128 valence electrons. The van der Waals surface area contributed by atoms with Crippen LogP contribution in [-0.4, -0.2) is 25.7 Å². The van der Waals surface area contributed by atoms with E-state index in [4.69, 9.17) is 14.2 Å². The van der Waals surface area contributed by atoms with Crippen LogP contribution in [0.15, 0.2) is 48.5 Å². The number of hydrogen-bond acceptors (Lipinski definition) is 4. The molecule has 1 amide bonds. The van der Waals surface area contributed by atoms with Gasteiger partial charge in [-0.05, 0) is 49.7 Å². The van der Waals surface area contributed by atoms with E-state index < -0.39 is 6.10 Å². The lowest BCUT2D eigenvalue weighted by atomic mass is 10.2. The Morgan fingerprint density at radius 1 is 1.04 bits per heavy atom. The van der Waals surface area contributed by atoms with E-state index in [1.807, 2.05) is 38.1 Å². The molecule has 0 aliphatic carbocycles. The van der Waals surface area contributed by atoms with Crippen LogP contribution in [-0.2, 0) is 4.79 Å². The van der Waals surface area contributed by atoms with Crippen LogP contribution in [0.25, 0.3) is 0 Å². The molecule has 0 saturated heterocycles. The van der Waals surface area contributed by atoms with Crippen molar-refractivity contribution in [1.82, 2.24) is 0 Å². The van der Waals surface area contributed by atoms with E-state index >= 15 is 0 Å². The van der Waals surface area contributed by atoms with Gasteiger partial charge in [-0.2, -0.15) is 0 Å². The zero-order valence-corrected chi connectivity index (χ0v) is 14.2. The average Bonchev–Trinajstić information content (AvgIpc) is 2.62. The van der Waals surface area contributed by atoms with Crippen LogP contribution in [0.4, 0.5) is 5.69 Å². The molecule has 24 heavy (non-hydrogen) atoms. The molecule has 2 rings (SSSR count). The zero-order chi connectivity index (χ0) is 17.4. The second kappa shape index (κ2) is 8.82. The fourth-order valence-corrected chi connectivity index (χ4v) is 2.21. The summed E-state index contributed by atoms with van der Waals surface area (Å²) in [6.07, 6.45) is -0.0395. The number of carbonyl (C=O) groups is 1. The Hall–Kier alpha value is -2.69. The van der Waals surface area contributed by atoms with Crippen molar-refractivity contribution in [1.29, 1.82) is 0 Å². The highest BCUT2D eigenvalue weighted by Crippen LogP contribution is 2.25. The molecule has 0 heterocycles. The van der Waals surface area contributed by atoms with Gasteiger partial charge in [0.15, 0.2) is 6.10 Å². The van der Waals surface area contributed by atoms with Crippen molar-refractivity contribution in [3.8, 4) is 17.2 Å². The Labute approximate surface area is 142 Å². The summed E-state index contributed by atoms with van der Waals surface area (Å²) in [7, 11) is 1.61. The van der Waals surface area contributed by atoms with Crippen LogP contribution >= 0.6 is 0 Å². The van der Waals surface area contributed by atoms with Crippen LogP contribution in [0.5, 0.6) is 17.2 Å². The summed E-state index contributed by atoms with van der Waals surface area (Å²) in [5.41, 5.74) is 0.640. The Morgan fingerprint density at radius 3 is 2.33 bits per heavy atom. The highest BCUT2D eigenvalue weighted by atomic mass is 16.5. The maximum atomic E-state index is 12.5. The normalized spacial score (nSPS) is 11.5. The Kier molecular flexibility index (Phi) is 6.49. The average molecular weight is 329 g/mol. The summed E-state index contributed by atoms with van der Waals surface area (Å²) in [5, 5.41) is 2.88. The molecule has 1 N–H and O–H groups in total. The SMILES string of the molecule is CCOc1ccccc1NC(=O)C(CC)Oc1ccc(OC)cc1. The van der Waals surface area contributed by atoms with Crippen LogP contribution in [0.2, 0.25) is 0 Å². The van der Waals surface area contributed by atoms with Crippen molar-refractivity contribution in [2.45, 2.75) is 26.4 Å². The van der Waals surface area contributed by atoms with Crippen LogP contribution in [0.3, 0.4) is 0 Å². The van der Waals surface area contributed by atoms with Crippen molar-refractivity contribution >= 4 is 11.6 Å². The fourth-order valence-electron chi connectivity index (χ4n) is 2.21. The van der Waals surface area contributed by atoms with Crippen molar-refractivity contribution in [2.75, 3.05) is 19.0 Å². The van der Waals surface area contributed by atoms with Gasteiger partial charge in [0.05, 0.1) is 19.4 Å². The summed E-state index contributed by atoms with van der Waals surface area (Å²) in [6.45, 7) is 4.34. The molecule has 2 aromatic carbocycles. The van der Waals surface area contributed by atoms with Gasteiger partial charge in [0.25, 0.3) is 5.91 Å². The number of carbonyl (C=O) groups excluding carboxylic acids is 1. The second-order valence-corrected chi connectivity index (χ2v) is 5.11. The lowest BCUT2D eigenvalue weighted by Crippen LogP contribution is -2.32. The van der Waals surface area contributed by atoms with E-state index in [0.29, 0.717) is 30.2 Å². The first-order chi connectivity index (χ1) is 11.7. The third-order valence-corrected chi connectivity index (χ3v) is 3.45. The second-order valence-electron chi connectivity index (χ2n) is 5.11. The Balaban J connectivity index is 2.05. The first kappa shape index (κ1) is 17.7. The molecule has 1 unspecified atom stereocenters. The third kappa shape index (κ3) is 4.65. The summed E-state index contributed by atoms with van der Waals surface area (Å²) in [6, 6.07) is 14.5. The van der Waals surface area contributed by atoms with Gasteiger partial charge in [-0.3, -0.25) is 4.79 Å². The highest BCUT2D eigenvalue weighted by Gasteiger charge is 2.19. The zero-order valence-electron chi connectivity index (χ0n) is 14.2. The molecule has 0 radical (unpaired) electrons. The summed E-state index contributed by atoms with van der Waals surface area (Å²) < 4.78 is 16.4. The maximum Gasteiger partial charge on any atom is 0.265 e. The topological polar surface area (TPSA) is 56.8 Å². The number of nitrogens with one attached hydrogen (secondary N) is 1. The molecule has 2 aromatic rings. The van der Waals surface area contributed by atoms with Crippen LogP contribution < -0.4 is 19.5 Å². The Bertz CT molecular complexity index is 655. The third-order valence-electron chi connectivity index (χ3n) is 3.45. The number of methoxy groups -OCH3 is 1. The predicted octanol–water partition coefficient (Wildman–Crippen LogP) is 3.89. The first-order valence-electron chi connectivity index (χ1n) is 8.01. The molecular formula is C19H23NO4. The van der Waals surface area contributed by atoms with Gasteiger partial charge in [0.2, 0.25) is 0 Å². The van der Waals surface area contributed by atoms with Crippen molar-refractivity contribution in [2.24, 2.45) is 0 Å². The van der Waals surface area contributed by atoms with E-state index in [0.717, 1.165) is 5.75 Å². The van der Waals surface area contributed by atoms with Gasteiger partial charge in [-0.15, -0.1) is 0 Å². The largest absolute Gasteiger partial charge is 0.497 e. The number of rotatable bonds is 8. The van der Waals surface area contributed by atoms with Gasteiger partial charge in [0, 0.05) is 0 Å². The minimum atomic E-state index is -0.590. The molecular weight excluding hydrogens is 306 g/mol. The number of hydrogen-bond donors (Lipinski definition) is 1. The Morgan fingerprint density at radius 2 is 1.71 bits per heavy atom. The molecule has 0 aromatic heterocycles.